The van der Waals surface area contributed by atoms with Gasteiger partial charge in [-0.15, -0.1) is 0 Å². The van der Waals surface area contributed by atoms with Crippen molar-refractivity contribution >= 4 is 63.3 Å². The Balaban J connectivity index is 2.61. The fourth-order valence-corrected chi connectivity index (χ4v) is 8.15. The minimum absolute atomic E-state index is 0.000617. The minimum atomic E-state index is -1.64. The molecule has 6 nitrogen and oxygen atoms in total. The average molecular weight is 692 g/mol. The molecule has 0 bridgehead atoms. The number of carbonyl (C=O) groups is 1. The van der Waals surface area contributed by atoms with E-state index in [2.05, 4.69) is 98.1 Å². The normalized spacial score (nSPS) is 21.2. The van der Waals surface area contributed by atoms with Crippen molar-refractivity contribution in [3.8, 4) is 0 Å². The Labute approximate surface area is 285 Å². The quantitative estimate of drug-likeness (QED) is 0.203. The van der Waals surface area contributed by atoms with Crippen LogP contribution >= 0.6 is 24.0 Å². The van der Waals surface area contributed by atoms with Gasteiger partial charge in [-0.25, -0.2) is 4.79 Å². The Morgan fingerprint density at radius 3 is 2.09 bits per heavy atom. The van der Waals surface area contributed by atoms with E-state index < -0.39 is 29.2 Å². The Hall–Kier alpha value is -1.44. The first kappa shape index (κ1) is 38.0. The van der Waals surface area contributed by atoms with Gasteiger partial charge < -0.3 is 18.3 Å². The summed E-state index contributed by atoms with van der Waals surface area (Å²) in [5.74, 6) is 0.000617. The Bertz CT molecular complexity index is 1360. The van der Waals surface area contributed by atoms with Crippen LogP contribution in [-0.2, 0) is 35.9 Å². The predicted molar refractivity (Wildman–Crippen MR) is 200 cm³/mol. The number of ether oxygens (including phenoxy) is 2. The highest BCUT2D eigenvalue weighted by Crippen LogP contribution is 2.53. The van der Waals surface area contributed by atoms with Gasteiger partial charge in [0.05, 0.1) is 12.7 Å². The molecule has 0 N–H and O–H groups in total. The van der Waals surface area contributed by atoms with Gasteiger partial charge in [0.2, 0.25) is 4.38 Å². The molecule has 3 atom stereocenters. The van der Waals surface area contributed by atoms with E-state index in [1.807, 2.05) is 31.9 Å². The van der Waals surface area contributed by atoms with E-state index in [1.54, 1.807) is 0 Å². The van der Waals surface area contributed by atoms with Crippen molar-refractivity contribution in [3.63, 3.8) is 0 Å². The third kappa shape index (κ3) is 8.73. The molecule has 10 heteroatoms. The van der Waals surface area contributed by atoms with E-state index in [1.165, 1.54) is 17.3 Å². The van der Waals surface area contributed by atoms with E-state index in [0.29, 0.717) is 17.5 Å². The van der Waals surface area contributed by atoms with Crippen molar-refractivity contribution < 1.29 is 23.1 Å². The van der Waals surface area contributed by atoms with Crippen molar-refractivity contribution in [3.05, 3.63) is 47.0 Å². The first-order valence-corrected chi connectivity index (χ1v) is 23.4. The van der Waals surface area contributed by atoms with Crippen LogP contribution in [0.2, 0.25) is 26.2 Å². The number of benzene rings is 2. The van der Waals surface area contributed by atoms with Gasteiger partial charge >= 0.3 is 6.09 Å². The molecule has 1 unspecified atom stereocenters. The number of rotatable bonds is 8. The fraction of sp³-hybridized carbons (Fsp3) is 0.657. The molecular formula is C35H57NO5S2Si2. The third-order valence-electron chi connectivity index (χ3n) is 8.36. The third-order valence-corrected chi connectivity index (χ3v) is 11.1. The van der Waals surface area contributed by atoms with Crippen molar-refractivity contribution in [1.82, 2.24) is 4.90 Å². The van der Waals surface area contributed by atoms with Crippen molar-refractivity contribution in [2.75, 3.05) is 19.4 Å². The van der Waals surface area contributed by atoms with Crippen molar-refractivity contribution in [1.29, 1.82) is 0 Å². The molecule has 1 amide bonds. The summed E-state index contributed by atoms with van der Waals surface area (Å²) in [6, 6.07) is 10.9. The van der Waals surface area contributed by atoms with E-state index in [4.69, 9.17) is 30.5 Å². The molecule has 1 fully saturated rings. The molecule has 252 valence electrons. The van der Waals surface area contributed by atoms with Gasteiger partial charge in [-0.3, -0.25) is 4.90 Å². The lowest BCUT2D eigenvalue weighted by molar-refractivity contribution is -0.0357. The molecule has 2 aromatic rings. The van der Waals surface area contributed by atoms with Crippen LogP contribution in [0.4, 0.5) is 4.79 Å². The largest absolute Gasteiger partial charge is 0.476 e. The lowest BCUT2D eigenvalue weighted by Crippen LogP contribution is -2.57. The number of hydrogen-bond acceptors (Lipinski definition) is 7. The highest BCUT2D eigenvalue weighted by molar-refractivity contribution is 8.22. The lowest BCUT2D eigenvalue weighted by atomic mass is 9.70. The summed E-state index contributed by atoms with van der Waals surface area (Å²) in [6.45, 7) is 29.0. The van der Waals surface area contributed by atoms with Crippen LogP contribution in [0.25, 0.3) is 10.8 Å². The highest BCUT2D eigenvalue weighted by atomic mass is 32.2. The molecule has 0 saturated carbocycles. The lowest BCUT2D eigenvalue weighted by Gasteiger charge is -2.46. The number of carbonyl (C=O) groups excluding carboxylic acids is 1. The maximum Gasteiger partial charge on any atom is 0.411 e. The van der Waals surface area contributed by atoms with Crippen LogP contribution in [0.5, 0.6) is 0 Å². The molecule has 3 rings (SSSR count). The van der Waals surface area contributed by atoms with Crippen LogP contribution in [0.15, 0.2) is 30.3 Å². The Morgan fingerprint density at radius 1 is 1.00 bits per heavy atom. The maximum atomic E-state index is 14.5. The molecule has 0 aromatic heterocycles. The molecule has 0 radical (unpaired) electrons. The number of fused-ring (bicyclic) bond motifs is 1. The SMILES string of the molecule is CSC(=S)OC[C@@]1(c2c(CO[SiH](C)C)cc(C(C)(C)C)c3ccccc23)C(O[SiH](C)C)[C@H](C(C)(C)C)CN1C(=O)OC(C)(C)C. The fourth-order valence-electron chi connectivity index (χ4n) is 6.40. The van der Waals surface area contributed by atoms with E-state index in [0.717, 1.165) is 21.9 Å². The molecule has 0 spiro atoms. The topological polar surface area (TPSA) is 57.2 Å². The van der Waals surface area contributed by atoms with E-state index >= 15 is 0 Å². The standard InChI is InChI=1S/C35H57NO5S2Si2/c1-32(2,3)26-19-23(21-39-44(11)12)28(25-18-16-15-17-24(25)26)35(22-38-31(42)43-10)29(41-45(13)14)27(33(4,5)6)20-36(35)30(37)40-34(7,8)9/h15-19,27,29,44-45H,20-22H2,1-14H3/t27-,29?,35-/m1/s1. The summed E-state index contributed by atoms with van der Waals surface area (Å²) in [5.41, 5.74) is 1.29. The second kappa shape index (κ2) is 14.4. The van der Waals surface area contributed by atoms with E-state index in [9.17, 15) is 4.79 Å². The maximum absolute atomic E-state index is 14.5. The van der Waals surface area contributed by atoms with Gasteiger partial charge in [-0.05, 0) is 104 Å². The zero-order chi connectivity index (χ0) is 34.1. The molecule has 1 aliphatic heterocycles. The van der Waals surface area contributed by atoms with Crippen LogP contribution < -0.4 is 0 Å². The summed E-state index contributed by atoms with van der Waals surface area (Å²) in [6.07, 6.45) is 1.18. The highest BCUT2D eigenvalue weighted by Gasteiger charge is 2.62. The molecule has 2 aromatic carbocycles. The molecule has 1 heterocycles. The molecule has 1 saturated heterocycles. The minimum Gasteiger partial charge on any atom is -0.476 e. The van der Waals surface area contributed by atoms with Crippen LogP contribution in [0.3, 0.4) is 0 Å². The molecular weight excluding hydrogens is 635 g/mol. The van der Waals surface area contributed by atoms with Gasteiger partial charge in [-0.2, -0.15) is 0 Å². The summed E-state index contributed by atoms with van der Waals surface area (Å²) in [5, 5.41) is 2.23. The predicted octanol–water partition coefficient (Wildman–Crippen LogP) is 8.78. The summed E-state index contributed by atoms with van der Waals surface area (Å²) in [7, 11) is -3.04. The van der Waals surface area contributed by atoms with Crippen LogP contribution in [-0.4, -0.2) is 64.6 Å². The molecule has 0 aliphatic carbocycles. The second-order valence-electron chi connectivity index (χ2n) is 15.9. The smallest absolute Gasteiger partial charge is 0.411 e. The van der Waals surface area contributed by atoms with Crippen molar-refractivity contribution in [2.45, 2.75) is 118 Å². The zero-order valence-corrected chi connectivity index (χ0v) is 34.1. The zero-order valence-electron chi connectivity index (χ0n) is 30.1. The number of likely N-dealkylation sites (tertiary alicyclic amines) is 1. The Kier molecular flexibility index (Phi) is 12.1. The van der Waals surface area contributed by atoms with Gasteiger partial charge in [0, 0.05) is 12.5 Å². The Morgan fingerprint density at radius 2 is 1.60 bits per heavy atom. The van der Waals surface area contributed by atoms with Gasteiger partial charge in [0.25, 0.3) is 0 Å². The van der Waals surface area contributed by atoms with Gasteiger partial charge in [-0.1, -0.05) is 83.6 Å². The molecule has 45 heavy (non-hydrogen) atoms. The van der Waals surface area contributed by atoms with Gasteiger partial charge in [0.15, 0.2) is 18.1 Å². The number of amides is 1. The number of nitrogens with zero attached hydrogens (tertiary/aromatic N) is 1. The number of hydrogen-bond donors (Lipinski definition) is 0. The van der Waals surface area contributed by atoms with Crippen LogP contribution in [0, 0.1) is 11.3 Å². The summed E-state index contributed by atoms with van der Waals surface area (Å²) < 4.78 is 26.8. The first-order chi connectivity index (χ1) is 20.6. The van der Waals surface area contributed by atoms with E-state index in [-0.39, 0.29) is 35.6 Å². The summed E-state index contributed by atoms with van der Waals surface area (Å²) >= 11 is 7.04. The monoisotopic (exact) mass is 691 g/mol. The molecule has 1 aliphatic rings. The first-order valence-electron chi connectivity index (χ1n) is 16.2. The number of thioether (sulfide) groups is 1. The van der Waals surface area contributed by atoms with Gasteiger partial charge in [0.1, 0.15) is 17.7 Å². The number of thiocarbonyl (C=S) groups is 1. The van der Waals surface area contributed by atoms with Crippen molar-refractivity contribution in [2.24, 2.45) is 11.3 Å². The summed E-state index contributed by atoms with van der Waals surface area (Å²) in [4.78, 5) is 16.5. The second-order valence-corrected chi connectivity index (χ2v) is 22.2. The average Bonchev–Trinajstić information content (AvgIpc) is 3.22. The van der Waals surface area contributed by atoms with Crippen LogP contribution in [0.1, 0.15) is 79.0 Å².